The maximum atomic E-state index is 14.7. The van der Waals surface area contributed by atoms with Crippen LogP contribution >= 0.6 is 0 Å². The van der Waals surface area contributed by atoms with Gasteiger partial charge in [0.1, 0.15) is 17.0 Å². The second-order valence-corrected chi connectivity index (χ2v) is 12.0. The van der Waals surface area contributed by atoms with E-state index in [1.54, 1.807) is 53.7 Å². The largest absolute Gasteiger partial charge is 0.573 e. The number of rotatable bonds is 1. The van der Waals surface area contributed by atoms with Crippen molar-refractivity contribution in [1.29, 1.82) is 0 Å². The number of alkyl halides is 3. The van der Waals surface area contributed by atoms with Gasteiger partial charge >= 0.3 is 18.5 Å². The number of carbonyl (C=O) groups is 3. The fourth-order valence-corrected chi connectivity index (χ4v) is 5.41. The van der Waals surface area contributed by atoms with Crippen molar-refractivity contribution in [3.8, 4) is 5.75 Å². The molecule has 12 heteroatoms. The summed E-state index contributed by atoms with van der Waals surface area (Å²) in [6.45, 7) is 9.79. The van der Waals surface area contributed by atoms with Gasteiger partial charge in [-0.15, -0.1) is 13.2 Å². The Bertz CT molecular complexity index is 1570. The SMILES string of the molecule is CC(C)(C)OC(=O)N1C(=O)[C@@]2(c3cc(OC(F)(F)F)ccc31)c1[nH]c3ccccc3c1CCN2C(=O)OC(C)(C)C. The summed E-state index contributed by atoms with van der Waals surface area (Å²) in [5.41, 5.74) is -2.58. The predicted octanol–water partition coefficient (Wildman–Crippen LogP) is 6.39. The van der Waals surface area contributed by atoms with E-state index in [9.17, 15) is 27.6 Å². The zero-order valence-electron chi connectivity index (χ0n) is 23.4. The van der Waals surface area contributed by atoms with E-state index in [2.05, 4.69) is 9.72 Å². The Morgan fingerprint density at radius 1 is 0.927 bits per heavy atom. The van der Waals surface area contributed by atoms with Crippen molar-refractivity contribution in [1.82, 2.24) is 9.88 Å². The molecule has 0 unspecified atom stereocenters. The summed E-state index contributed by atoms with van der Waals surface area (Å²) in [6, 6.07) is 10.4. The van der Waals surface area contributed by atoms with Crippen molar-refractivity contribution in [3.05, 3.63) is 59.3 Å². The molecule has 0 radical (unpaired) electrons. The van der Waals surface area contributed by atoms with E-state index >= 15 is 0 Å². The number of para-hydroxylation sites is 1. The molecule has 0 bridgehead atoms. The lowest BCUT2D eigenvalue weighted by atomic mass is 9.80. The van der Waals surface area contributed by atoms with Crippen LogP contribution in [0.1, 0.15) is 58.4 Å². The van der Waals surface area contributed by atoms with E-state index in [4.69, 9.17) is 9.47 Å². The molecule has 0 aliphatic carbocycles. The fraction of sp³-hybridized carbons (Fsp3) is 0.414. The minimum absolute atomic E-state index is 0.0263. The molecule has 2 aromatic carbocycles. The minimum atomic E-state index is -5.03. The quantitative estimate of drug-likeness (QED) is 0.362. The van der Waals surface area contributed by atoms with Gasteiger partial charge in [0.05, 0.1) is 11.4 Å². The van der Waals surface area contributed by atoms with Gasteiger partial charge in [-0.2, -0.15) is 0 Å². The molecule has 0 saturated carbocycles. The van der Waals surface area contributed by atoms with E-state index in [0.717, 1.165) is 22.4 Å². The zero-order valence-corrected chi connectivity index (χ0v) is 23.4. The molecule has 1 spiro atoms. The number of halogens is 3. The predicted molar refractivity (Wildman–Crippen MR) is 143 cm³/mol. The number of aromatic amines is 1. The number of imide groups is 1. The Hall–Kier alpha value is -4.22. The number of carbonyl (C=O) groups excluding carboxylic acids is 3. The minimum Gasteiger partial charge on any atom is -0.444 e. The van der Waals surface area contributed by atoms with Gasteiger partial charge < -0.3 is 19.2 Å². The number of nitrogens with zero attached hydrogens (tertiary/aromatic N) is 2. The number of ether oxygens (including phenoxy) is 3. The first kappa shape index (κ1) is 28.3. The molecule has 218 valence electrons. The van der Waals surface area contributed by atoms with Crippen molar-refractivity contribution in [3.63, 3.8) is 0 Å². The number of amides is 3. The number of hydrogen-bond acceptors (Lipinski definition) is 6. The summed E-state index contributed by atoms with van der Waals surface area (Å²) in [4.78, 5) is 47.1. The lowest BCUT2D eigenvalue weighted by molar-refractivity contribution is -0.274. The lowest BCUT2D eigenvalue weighted by Crippen LogP contribution is -2.60. The highest BCUT2D eigenvalue weighted by atomic mass is 19.4. The van der Waals surface area contributed by atoms with Crippen LogP contribution in [0, 0.1) is 0 Å². The van der Waals surface area contributed by atoms with Crippen LogP contribution in [-0.2, 0) is 26.2 Å². The van der Waals surface area contributed by atoms with Crippen LogP contribution < -0.4 is 9.64 Å². The topological polar surface area (TPSA) is 101 Å². The maximum Gasteiger partial charge on any atom is 0.573 e. The van der Waals surface area contributed by atoms with Crippen molar-refractivity contribution in [2.24, 2.45) is 0 Å². The standard InChI is InChI=1S/C29H30F3N3O6/c1-26(2,3)40-24(37)34-14-13-18-17-9-7-8-10-20(17)33-22(18)28(34)19-15-16(39-29(30,31)32)11-12-21(19)35(23(28)36)25(38)41-27(4,5)6/h7-12,15,33H,13-14H2,1-6H3/t28-/m1/s1. The van der Waals surface area contributed by atoms with E-state index < -0.39 is 46.9 Å². The van der Waals surface area contributed by atoms with E-state index in [1.165, 1.54) is 11.0 Å². The summed E-state index contributed by atoms with van der Waals surface area (Å²) in [6.07, 6.45) is -6.64. The molecular weight excluding hydrogens is 543 g/mol. The first-order valence-electron chi connectivity index (χ1n) is 13.0. The molecule has 0 fully saturated rings. The molecule has 41 heavy (non-hydrogen) atoms. The molecule has 1 atom stereocenters. The summed E-state index contributed by atoms with van der Waals surface area (Å²) in [7, 11) is 0. The van der Waals surface area contributed by atoms with Crippen molar-refractivity contribution >= 4 is 34.7 Å². The number of nitrogens with one attached hydrogen (secondary N) is 1. The molecule has 2 aliphatic rings. The third-order valence-electron chi connectivity index (χ3n) is 6.70. The van der Waals surface area contributed by atoms with Crippen LogP contribution in [-0.4, -0.2) is 52.1 Å². The highest BCUT2D eigenvalue weighted by Gasteiger charge is 2.63. The summed E-state index contributed by atoms with van der Waals surface area (Å²) in [5.74, 6) is -1.52. The molecule has 9 nitrogen and oxygen atoms in total. The van der Waals surface area contributed by atoms with Crippen molar-refractivity contribution in [2.45, 2.75) is 71.1 Å². The van der Waals surface area contributed by atoms with Gasteiger partial charge in [0.15, 0.2) is 5.54 Å². The van der Waals surface area contributed by atoms with Crippen LogP contribution in [0.15, 0.2) is 42.5 Å². The fourth-order valence-electron chi connectivity index (χ4n) is 5.41. The van der Waals surface area contributed by atoms with Crippen molar-refractivity contribution in [2.75, 3.05) is 11.4 Å². The second kappa shape index (κ2) is 9.15. The van der Waals surface area contributed by atoms with Crippen LogP contribution in [0.5, 0.6) is 5.75 Å². The Morgan fingerprint density at radius 3 is 2.20 bits per heavy atom. The Labute approximate surface area is 234 Å². The summed E-state index contributed by atoms with van der Waals surface area (Å²) in [5, 5.41) is 0.776. The van der Waals surface area contributed by atoms with Crippen LogP contribution in [0.2, 0.25) is 0 Å². The third-order valence-corrected chi connectivity index (χ3v) is 6.70. The molecule has 2 aliphatic heterocycles. The van der Waals surface area contributed by atoms with Crippen LogP contribution in [0.4, 0.5) is 28.4 Å². The molecule has 0 saturated heterocycles. The first-order chi connectivity index (χ1) is 18.9. The summed E-state index contributed by atoms with van der Waals surface area (Å²) >= 11 is 0. The van der Waals surface area contributed by atoms with Gasteiger partial charge in [0.25, 0.3) is 5.91 Å². The monoisotopic (exact) mass is 573 g/mol. The molecule has 3 amide bonds. The van der Waals surface area contributed by atoms with Crippen molar-refractivity contribution < 1.29 is 41.8 Å². The van der Waals surface area contributed by atoms with Gasteiger partial charge in [-0.3, -0.25) is 9.69 Å². The highest BCUT2D eigenvalue weighted by Crippen LogP contribution is 2.53. The van der Waals surface area contributed by atoms with Gasteiger partial charge in [-0.25, -0.2) is 14.5 Å². The van der Waals surface area contributed by atoms with Gasteiger partial charge in [0.2, 0.25) is 0 Å². The Kier molecular flexibility index (Phi) is 6.32. The molecule has 3 aromatic rings. The average molecular weight is 574 g/mol. The Balaban J connectivity index is 1.83. The highest BCUT2D eigenvalue weighted by molar-refractivity contribution is 6.23. The summed E-state index contributed by atoms with van der Waals surface area (Å²) < 4.78 is 55.3. The number of hydrogen-bond donors (Lipinski definition) is 1. The van der Waals surface area contributed by atoms with Gasteiger partial charge in [-0.1, -0.05) is 18.2 Å². The second-order valence-electron chi connectivity index (χ2n) is 12.0. The molecule has 1 aromatic heterocycles. The normalized spacial score (nSPS) is 18.9. The molecule has 5 rings (SSSR count). The van der Waals surface area contributed by atoms with E-state index in [0.29, 0.717) is 17.5 Å². The third kappa shape index (κ3) is 4.85. The van der Waals surface area contributed by atoms with Gasteiger partial charge in [-0.05, 0) is 77.8 Å². The zero-order chi connectivity index (χ0) is 30.1. The van der Waals surface area contributed by atoms with E-state index in [1.807, 2.05) is 12.1 Å². The Morgan fingerprint density at radius 2 is 1.56 bits per heavy atom. The number of aromatic nitrogens is 1. The molecular formula is C29H30F3N3O6. The first-order valence-corrected chi connectivity index (χ1v) is 13.0. The average Bonchev–Trinajstić information content (AvgIpc) is 3.31. The lowest BCUT2D eigenvalue weighted by Gasteiger charge is -2.43. The smallest absolute Gasteiger partial charge is 0.444 e. The molecule has 3 heterocycles. The number of anilines is 1. The van der Waals surface area contributed by atoms with Crippen LogP contribution in [0.25, 0.3) is 10.9 Å². The molecule has 1 N–H and O–H groups in total. The number of H-pyrrole nitrogens is 1. The van der Waals surface area contributed by atoms with Crippen LogP contribution in [0.3, 0.4) is 0 Å². The van der Waals surface area contributed by atoms with E-state index in [-0.39, 0.29) is 23.5 Å². The van der Waals surface area contributed by atoms with Gasteiger partial charge in [0, 0.05) is 23.0 Å². The number of fused-ring (bicyclic) bond motifs is 6. The maximum absolute atomic E-state index is 14.7. The number of benzene rings is 2.